The number of fused-ring (bicyclic) bond motifs is 2. The van der Waals surface area contributed by atoms with Gasteiger partial charge >= 0.3 is 0 Å². The molecule has 3 heteroatoms. The third kappa shape index (κ3) is 7.29. The Morgan fingerprint density at radius 2 is 1.63 bits per heavy atom. The van der Waals surface area contributed by atoms with Crippen LogP contribution < -0.4 is 10.6 Å². The van der Waals surface area contributed by atoms with E-state index in [-0.39, 0.29) is 16.7 Å². The third-order valence-corrected chi connectivity index (χ3v) is 12.5. The zero-order valence-corrected chi connectivity index (χ0v) is 30.5. The summed E-state index contributed by atoms with van der Waals surface area (Å²) in [5, 5.41) is 8.15. The van der Waals surface area contributed by atoms with Crippen LogP contribution in [-0.4, -0.2) is 17.8 Å². The van der Waals surface area contributed by atoms with Gasteiger partial charge in [0.05, 0.1) is 6.54 Å². The molecule has 0 saturated carbocycles. The predicted octanol–water partition coefficient (Wildman–Crippen LogP) is 10.8. The van der Waals surface area contributed by atoms with Gasteiger partial charge in [0.2, 0.25) is 0 Å². The van der Waals surface area contributed by atoms with E-state index in [4.69, 9.17) is 12.6 Å². The van der Waals surface area contributed by atoms with Gasteiger partial charge in [0.1, 0.15) is 0 Å². The van der Waals surface area contributed by atoms with Gasteiger partial charge in [0.15, 0.2) is 0 Å². The van der Waals surface area contributed by atoms with E-state index in [1.807, 2.05) is 0 Å². The summed E-state index contributed by atoms with van der Waals surface area (Å²) in [6.45, 7) is 7.93. The van der Waals surface area contributed by atoms with Crippen molar-refractivity contribution < 1.29 is 0 Å². The van der Waals surface area contributed by atoms with Crippen LogP contribution >= 0.6 is 12.6 Å². The second-order valence-electron chi connectivity index (χ2n) is 15.0. The molecule has 7 aliphatic carbocycles. The fraction of sp³-hybridized carbons (Fsp3) is 0.391. The van der Waals surface area contributed by atoms with Crippen LogP contribution in [0.2, 0.25) is 0 Å². The molecule has 0 aromatic carbocycles. The molecule has 49 heavy (non-hydrogen) atoms. The van der Waals surface area contributed by atoms with Crippen molar-refractivity contribution in [3.8, 4) is 0 Å². The molecular weight excluding hydrogens is 613 g/mol. The van der Waals surface area contributed by atoms with E-state index < -0.39 is 0 Å². The molecule has 0 spiro atoms. The molecule has 254 valence electrons. The Labute approximate surface area is 301 Å². The second kappa shape index (κ2) is 15.1. The van der Waals surface area contributed by atoms with E-state index in [2.05, 4.69) is 153 Å². The molecule has 0 fully saturated rings. The van der Waals surface area contributed by atoms with Crippen LogP contribution in [-0.2, 0) is 0 Å². The van der Waals surface area contributed by atoms with Crippen LogP contribution in [0.1, 0.15) is 65.7 Å². The van der Waals surface area contributed by atoms with Crippen molar-refractivity contribution >= 4 is 12.6 Å². The van der Waals surface area contributed by atoms with Gasteiger partial charge in [0.25, 0.3) is 0 Å². The maximum Gasteiger partial charge on any atom is 0.0545 e. The number of hydrogen-bond donors (Lipinski definition) is 3. The molecule has 0 aliphatic heterocycles. The van der Waals surface area contributed by atoms with Crippen molar-refractivity contribution in [3.63, 3.8) is 0 Å². The fourth-order valence-corrected chi connectivity index (χ4v) is 9.30. The molecule has 0 amide bonds. The summed E-state index contributed by atoms with van der Waals surface area (Å²) >= 11 is 4.87. The monoisotopic (exact) mass is 666 g/mol. The van der Waals surface area contributed by atoms with E-state index in [9.17, 15) is 0 Å². The maximum absolute atomic E-state index is 4.87. The second-order valence-corrected chi connectivity index (χ2v) is 15.6. The van der Waals surface area contributed by atoms with Gasteiger partial charge < -0.3 is 10.6 Å². The first-order valence-corrected chi connectivity index (χ1v) is 19.3. The first kappa shape index (κ1) is 33.8. The lowest BCUT2D eigenvalue weighted by Crippen LogP contribution is -2.35. The highest BCUT2D eigenvalue weighted by molar-refractivity contribution is 7.81. The third-order valence-electron chi connectivity index (χ3n) is 12.0. The molecule has 0 aromatic rings. The minimum Gasteiger partial charge on any atom is -0.383 e. The molecule has 2 N–H and O–H groups in total. The lowest BCUT2D eigenvalue weighted by atomic mass is 9.69. The van der Waals surface area contributed by atoms with Gasteiger partial charge in [-0.15, -0.1) is 0 Å². The summed E-state index contributed by atoms with van der Waals surface area (Å²) in [5.74, 6) is 1.94. The van der Waals surface area contributed by atoms with Crippen LogP contribution in [0.25, 0.3) is 0 Å². The Balaban J connectivity index is 1.07. The van der Waals surface area contributed by atoms with E-state index in [1.54, 1.807) is 11.1 Å². The Morgan fingerprint density at radius 3 is 2.43 bits per heavy atom. The number of hydrogen-bond acceptors (Lipinski definition) is 3. The van der Waals surface area contributed by atoms with E-state index in [1.165, 1.54) is 40.1 Å². The molecule has 7 aliphatic rings. The Kier molecular flexibility index (Phi) is 10.4. The quantitative estimate of drug-likeness (QED) is 0.160. The number of rotatable bonds is 10. The summed E-state index contributed by atoms with van der Waals surface area (Å²) in [6.07, 6.45) is 54.0. The average Bonchev–Trinajstić information content (AvgIpc) is 3.41. The molecule has 7 rings (SSSR count). The highest BCUT2D eigenvalue weighted by Crippen LogP contribution is 2.57. The molecule has 0 saturated heterocycles. The SMILES string of the molecule is CCC1(C)C2=C(C=CC(N/C(=C/C=C(\C)C3C=CC=CC3)CNC3=CC(C4=CCCC(C5C=CC=CC5S)=C4)=CCC3)C2)C2C=CC=CC21. The topological polar surface area (TPSA) is 24.1 Å². The molecular formula is C46H54N2S. The smallest absolute Gasteiger partial charge is 0.0545 e. The average molecular weight is 667 g/mol. The minimum atomic E-state index is 0.209. The standard InChI is InChI=1S/C46H54N2S/c1-4-46(3)43-22-10-8-21-41(43)42-27-26-38(30-44(42)46)48-39(25-24-32(2)33-14-6-5-7-15-33)31-47-37-19-13-17-35(29-37)34-16-12-18-36(28-34)40-20-9-11-23-45(40)49/h5-11,14,16-17,20-29,33,38,40-41,43,45,47-49H,4,12-13,15,18-19,30-31H2,1-3H3/b32-24+,39-25+. The number of thiol groups is 1. The van der Waals surface area contributed by atoms with Crippen molar-refractivity contribution in [2.75, 3.05) is 6.54 Å². The van der Waals surface area contributed by atoms with Gasteiger partial charge in [-0.3, -0.25) is 0 Å². The van der Waals surface area contributed by atoms with Crippen molar-refractivity contribution in [2.45, 2.75) is 77.0 Å². The van der Waals surface area contributed by atoms with Gasteiger partial charge in [0, 0.05) is 40.4 Å². The summed E-state index contributed by atoms with van der Waals surface area (Å²) in [5.41, 5.74) is 11.6. The first-order chi connectivity index (χ1) is 23.9. The maximum atomic E-state index is 4.87. The minimum absolute atomic E-state index is 0.209. The van der Waals surface area contributed by atoms with Gasteiger partial charge in [-0.25, -0.2) is 0 Å². The van der Waals surface area contributed by atoms with E-state index in [0.717, 1.165) is 45.1 Å². The van der Waals surface area contributed by atoms with Crippen LogP contribution in [0.15, 0.2) is 166 Å². The van der Waals surface area contributed by atoms with E-state index >= 15 is 0 Å². The Bertz CT molecular complexity index is 1740. The van der Waals surface area contributed by atoms with Crippen LogP contribution in [0.3, 0.4) is 0 Å². The van der Waals surface area contributed by atoms with E-state index in [0.29, 0.717) is 23.7 Å². The normalized spacial score (nSPS) is 33.6. The van der Waals surface area contributed by atoms with Crippen molar-refractivity contribution in [2.24, 2.45) is 29.1 Å². The van der Waals surface area contributed by atoms with Crippen molar-refractivity contribution in [1.82, 2.24) is 10.6 Å². The summed E-state index contributed by atoms with van der Waals surface area (Å²) in [7, 11) is 0. The molecule has 0 heterocycles. The highest BCUT2D eigenvalue weighted by Gasteiger charge is 2.48. The summed E-state index contributed by atoms with van der Waals surface area (Å²) in [4.78, 5) is 0. The molecule has 7 unspecified atom stereocenters. The Hall–Kier alpha value is -3.69. The van der Waals surface area contributed by atoms with Crippen molar-refractivity contribution in [1.29, 1.82) is 0 Å². The highest BCUT2D eigenvalue weighted by atomic mass is 32.1. The Morgan fingerprint density at radius 1 is 0.878 bits per heavy atom. The number of nitrogens with one attached hydrogen (secondary N) is 2. The van der Waals surface area contributed by atoms with Gasteiger partial charge in [-0.05, 0) is 92.1 Å². The summed E-state index contributed by atoms with van der Waals surface area (Å²) < 4.78 is 0. The van der Waals surface area contributed by atoms with Crippen LogP contribution in [0.4, 0.5) is 0 Å². The molecule has 2 nitrogen and oxygen atoms in total. The molecule has 0 bridgehead atoms. The fourth-order valence-electron chi connectivity index (χ4n) is 8.91. The van der Waals surface area contributed by atoms with Gasteiger partial charge in [-0.2, -0.15) is 12.6 Å². The molecule has 0 aromatic heterocycles. The van der Waals surface area contributed by atoms with Crippen molar-refractivity contribution in [3.05, 3.63) is 166 Å². The largest absolute Gasteiger partial charge is 0.383 e. The number of allylic oxidation sites excluding steroid dienone is 24. The lowest BCUT2D eigenvalue weighted by molar-refractivity contribution is 0.265. The van der Waals surface area contributed by atoms with Crippen LogP contribution in [0.5, 0.6) is 0 Å². The molecule has 7 atom stereocenters. The first-order valence-electron chi connectivity index (χ1n) is 18.8. The van der Waals surface area contributed by atoms with Gasteiger partial charge in [-0.1, -0.05) is 140 Å². The zero-order valence-electron chi connectivity index (χ0n) is 29.6. The summed E-state index contributed by atoms with van der Waals surface area (Å²) in [6, 6.07) is 0.281. The zero-order chi connectivity index (χ0) is 33.8. The predicted molar refractivity (Wildman–Crippen MR) is 213 cm³/mol. The van der Waals surface area contributed by atoms with Crippen LogP contribution in [0, 0.1) is 29.1 Å². The lowest BCUT2D eigenvalue weighted by Gasteiger charge is -2.36. The molecule has 0 radical (unpaired) electrons.